The predicted octanol–water partition coefficient (Wildman–Crippen LogP) is 4.66. The van der Waals surface area contributed by atoms with Crippen LogP contribution in [0, 0.1) is 11.6 Å². The quantitative estimate of drug-likeness (QED) is 0.251. The number of anilines is 1. The number of carbonyl (C=O) groups is 2. The van der Waals surface area contributed by atoms with Gasteiger partial charge in [0.2, 0.25) is 5.91 Å². The van der Waals surface area contributed by atoms with E-state index in [2.05, 4.69) is 10.3 Å². The molecule has 0 unspecified atom stereocenters. The van der Waals surface area contributed by atoms with Crippen LogP contribution in [0.1, 0.15) is 17.3 Å². The zero-order chi connectivity index (χ0) is 22.8. The van der Waals surface area contributed by atoms with Crippen molar-refractivity contribution in [1.82, 2.24) is 9.55 Å². The van der Waals surface area contributed by atoms with Crippen molar-refractivity contribution in [3.05, 3.63) is 81.5 Å². The highest BCUT2D eigenvalue weighted by atomic mass is 32.2. The summed E-state index contributed by atoms with van der Waals surface area (Å²) in [4.78, 5) is 41.4. The average molecular weight is 472 g/mol. The molecular formula is C22H15F2N3O3S2. The van der Waals surface area contributed by atoms with Gasteiger partial charge in [-0.25, -0.2) is 13.8 Å². The van der Waals surface area contributed by atoms with Crippen molar-refractivity contribution in [2.45, 2.75) is 12.1 Å². The van der Waals surface area contributed by atoms with Crippen LogP contribution in [0.15, 0.2) is 63.9 Å². The van der Waals surface area contributed by atoms with Gasteiger partial charge in [-0.15, -0.1) is 11.3 Å². The van der Waals surface area contributed by atoms with E-state index in [4.69, 9.17) is 0 Å². The van der Waals surface area contributed by atoms with Crippen LogP contribution in [0.2, 0.25) is 0 Å². The van der Waals surface area contributed by atoms with Gasteiger partial charge in [-0.2, -0.15) is 0 Å². The van der Waals surface area contributed by atoms with Gasteiger partial charge in [0.05, 0.1) is 17.0 Å². The number of nitrogens with one attached hydrogen (secondary N) is 1. The fourth-order valence-electron chi connectivity index (χ4n) is 3.03. The van der Waals surface area contributed by atoms with Gasteiger partial charge in [0.25, 0.3) is 5.56 Å². The number of amides is 1. The summed E-state index contributed by atoms with van der Waals surface area (Å²) in [6, 6.07) is 10.9. The number of halogens is 2. The number of hydrogen-bond acceptors (Lipinski definition) is 6. The third-order valence-electron chi connectivity index (χ3n) is 4.44. The van der Waals surface area contributed by atoms with Crippen molar-refractivity contribution in [3.63, 3.8) is 0 Å². The Balaban J connectivity index is 1.64. The third-order valence-corrected chi connectivity index (χ3v) is 6.27. The first-order valence-electron chi connectivity index (χ1n) is 9.32. The summed E-state index contributed by atoms with van der Waals surface area (Å²) in [5.74, 6) is -2.32. The van der Waals surface area contributed by atoms with Gasteiger partial charge >= 0.3 is 0 Å². The summed E-state index contributed by atoms with van der Waals surface area (Å²) >= 11 is 2.13. The van der Waals surface area contributed by atoms with Gasteiger partial charge < -0.3 is 5.32 Å². The molecule has 2 heterocycles. The molecule has 0 fully saturated rings. The maximum atomic E-state index is 13.8. The minimum atomic E-state index is -0.836. The molecule has 4 rings (SSSR count). The van der Waals surface area contributed by atoms with Crippen molar-refractivity contribution in [3.8, 4) is 5.69 Å². The second kappa shape index (κ2) is 9.01. The molecule has 0 aliphatic heterocycles. The van der Waals surface area contributed by atoms with Crippen molar-refractivity contribution < 1.29 is 18.4 Å². The van der Waals surface area contributed by atoms with Gasteiger partial charge in [-0.1, -0.05) is 23.9 Å². The molecule has 2 aromatic heterocycles. The second-order valence-corrected chi connectivity index (χ2v) is 8.63. The normalized spacial score (nSPS) is 11.0. The van der Waals surface area contributed by atoms with E-state index in [1.54, 1.807) is 35.7 Å². The van der Waals surface area contributed by atoms with Crippen LogP contribution in [-0.2, 0) is 4.79 Å². The van der Waals surface area contributed by atoms with Gasteiger partial charge in [0.15, 0.2) is 10.9 Å². The summed E-state index contributed by atoms with van der Waals surface area (Å²) in [6.07, 6.45) is 0. The van der Waals surface area contributed by atoms with E-state index in [9.17, 15) is 23.2 Å². The smallest absolute Gasteiger partial charge is 0.276 e. The molecule has 10 heteroatoms. The SMILES string of the molecule is CC(=O)c1cccc(NC(=O)CSc2nc3ccsc3c(=O)n2-c2cc(F)cc(F)c2)c1. The largest absolute Gasteiger partial charge is 0.325 e. The molecule has 6 nitrogen and oxygen atoms in total. The lowest BCUT2D eigenvalue weighted by atomic mass is 10.1. The van der Waals surface area contributed by atoms with Gasteiger partial charge in [0.1, 0.15) is 16.3 Å². The minimum Gasteiger partial charge on any atom is -0.325 e. The number of thiophene rings is 1. The van der Waals surface area contributed by atoms with E-state index in [-0.39, 0.29) is 22.4 Å². The first-order chi connectivity index (χ1) is 15.3. The van der Waals surface area contributed by atoms with Crippen LogP contribution in [0.4, 0.5) is 14.5 Å². The molecule has 0 aliphatic rings. The van der Waals surface area contributed by atoms with Crippen molar-refractivity contribution in [1.29, 1.82) is 0 Å². The van der Waals surface area contributed by atoms with Crippen molar-refractivity contribution in [2.75, 3.05) is 11.1 Å². The number of Topliss-reactive ketones (excluding diaryl/α,β-unsaturated/α-hetero) is 1. The maximum Gasteiger partial charge on any atom is 0.276 e. The standard InChI is InChI=1S/C22H15F2N3O3S2/c1-12(28)13-3-2-4-16(7-13)25-19(29)11-32-22-26-18-5-6-31-20(18)21(30)27(22)17-9-14(23)8-15(24)10-17/h2-10H,11H2,1H3,(H,25,29). The Morgan fingerprint density at radius 2 is 1.88 bits per heavy atom. The monoisotopic (exact) mass is 471 g/mol. The molecule has 0 bridgehead atoms. The van der Waals surface area contributed by atoms with Crippen LogP contribution in [-0.4, -0.2) is 27.0 Å². The average Bonchev–Trinajstić information content (AvgIpc) is 3.21. The van der Waals surface area contributed by atoms with E-state index >= 15 is 0 Å². The molecule has 2 aromatic carbocycles. The lowest BCUT2D eigenvalue weighted by Gasteiger charge is -2.12. The number of rotatable bonds is 6. The molecule has 1 N–H and O–H groups in total. The van der Waals surface area contributed by atoms with Crippen LogP contribution in [0.5, 0.6) is 0 Å². The Bertz CT molecular complexity index is 1400. The Hall–Kier alpha value is -3.37. The zero-order valence-corrected chi connectivity index (χ0v) is 18.2. The number of aromatic nitrogens is 2. The fourth-order valence-corrected chi connectivity index (χ4v) is 4.60. The minimum absolute atomic E-state index is 0.0210. The number of fused-ring (bicyclic) bond motifs is 1. The molecule has 0 atom stereocenters. The summed E-state index contributed by atoms with van der Waals surface area (Å²) in [5.41, 5.74) is 0.848. The Morgan fingerprint density at radius 3 is 2.59 bits per heavy atom. The van der Waals surface area contributed by atoms with Crippen molar-refractivity contribution >= 4 is 50.7 Å². The van der Waals surface area contributed by atoms with Crippen LogP contribution in [0.25, 0.3) is 15.9 Å². The Morgan fingerprint density at radius 1 is 1.12 bits per heavy atom. The lowest BCUT2D eigenvalue weighted by Crippen LogP contribution is -2.22. The van der Waals surface area contributed by atoms with E-state index in [0.29, 0.717) is 27.5 Å². The van der Waals surface area contributed by atoms with Crippen LogP contribution in [0.3, 0.4) is 0 Å². The molecule has 0 saturated heterocycles. The lowest BCUT2D eigenvalue weighted by molar-refractivity contribution is -0.113. The van der Waals surface area contributed by atoms with E-state index in [1.807, 2.05) is 0 Å². The summed E-state index contributed by atoms with van der Waals surface area (Å²) in [6.45, 7) is 1.43. The fraction of sp³-hybridized carbons (Fsp3) is 0.0909. The molecule has 0 spiro atoms. The molecular weight excluding hydrogens is 456 g/mol. The van der Waals surface area contributed by atoms with Gasteiger partial charge in [-0.3, -0.25) is 19.0 Å². The highest BCUT2D eigenvalue weighted by Gasteiger charge is 2.17. The molecule has 0 radical (unpaired) electrons. The highest BCUT2D eigenvalue weighted by molar-refractivity contribution is 7.99. The summed E-state index contributed by atoms with van der Waals surface area (Å²) in [5, 5.41) is 4.50. The molecule has 32 heavy (non-hydrogen) atoms. The topological polar surface area (TPSA) is 81.1 Å². The molecule has 162 valence electrons. The first-order valence-corrected chi connectivity index (χ1v) is 11.2. The van der Waals surface area contributed by atoms with E-state index in [0.717, 1.165) is 28.5 Å². The maximum absolute atomic E-state index is 13.8. The number of carbonyl (C=O) groups excluding carboxylic acids is 2. The second-order valence-electron chi connectivity index (χ2n) is 6.77. The molecule has 0 saturated carbocycles. The van der Waals surface area contributed by atoms with E-state index in [1.165, 1.54) is 18.3 Å². The summed E-state index contributed by atoms with van der Waals surface area (Å²) in [7, 11) is 0. The first kappa shape index (κ1) is 21.8. The highest BCUT2D eigenvalue weighted by Crippen LogP contribution is 2.25. The van der Waals surface area contributed by atoms with Gasteiger partial charge in [0, 0.05) is 17.3 Å². The van der Waals surface area contributed by atoms with Gasteiger partial charge in [-0.05, 0) is 42.6 Å². The number of benzene rings is 2. The Kier molecular flexibility index (Phi) is 6.15. The number of ketones is 1. The number of nitrogens with zero attached hydrogens (tertiary/aromatic N) is 2. The number of thioether (sulfide) groups is 1. The van der Waals surface area contributed by atoms with Crippen LogP contribution >= 0.6 is 23.1 Å². The molecule has 1 amide bonds. The third kappa shape index (κ3) is 4.61. The number of hydrogen-bond donors (Lipinski definition) is 1. The molecule has 0 aliphatic carbocycles. The predicted molar refractivity (Wildman–Crippen MR) is 121 cm³/mol. The van der Waals surface area contributed by atoms with Crippen molar-refractivity contribution in [2.24, 2.45) is 0 Å². The van der Waals surface area contributed by atoms with Crippen LogP contribution < -0.4 is 10.9 Å². The zero-order valence-electron chi connectivity index (χ0n) is 16.6. The summed E-state index contributed by atoms with van der Waals surface area (Å²) < 4.78 is 29.1. The molecule has 4 aromatic rings. The Labute approximate surface area is 188 Å². The van der Waals surface area contributed by atoms with E-state index < -0.39 is 23.1 Å².